The van der Waals surface area contributed by atoms with Crippen LogP contribution in [0.25, 0.3) is 50.0 Å². The molecule has 6 heteroatoms. The normalized spacial score (nSPS) is 12.7. The number of hydrogen-bond acceptors (Lipinski definition) is 3. The number of fused-ring (bicyclic) bond motifs is 2. The molecule has 0 spiro atoms. The van der Waals surface area contributed by atoms with Crippen molar-refractivity contribution in [2.45, 2.75) is 34.1 Å². The lowest BCUT2D eigenvalue weighted by Crippen LogP contribution is -2.16. The molecule has 0 unspecified atom stereocenters. The highest BCUT2D eigenvalue weighted by Gasteiger charge is 2.17. The minimum atomic E-state index is -0.269. The minimum Gasteiger partial charge on any atom is -0.359 e. The predicted molar refractivity (Wildman–Crippen MR) is 165 cm³/mol. The molecular weight excluding hydrogens is 497 g/mol. The summed E-state index contributed by atoms with van der Waals surface area (Å²) in [7, 11) is 0. The highest BCUT2D eigenvalue weighted by molar-refractivity contribution is 6.00. The molecule has 0 fully saturated rings. The Morgan fingerprint density at radius 3 is 2.58 bits per heavy atom. The second-order valence-corrected chi connectivity index (χ2v) is 11.1. The van der Waals surface area contributed by atoms with E-state index in [1.165, 1.54) is 6.07 Å². The van der Waals surface area contributed by atoms with Crippen LogP contribution in [0.4, 0.5) is 4.39 Å². The molecule has 5 aromatic rings. The van der Waals surface area contributed by atoms with Crippen LogP contribution in [0.5, 0.6) is 0 Å². The summed E-state index contributed by atoms with van der Waals surface area (Å²) in [6, 6.07) is 16.8. The second kappa shape index (κ2) is 10.8. The summed E-state index contributed by atoms with van der Waals surface area (Å²) in [5, 5.41) is 13.0. The van der Waals surface area contributed by atoms with Crippen LogP contribution < -0.4 is 5.32 Å². The number of nitrogens with one attached hydrogen (secondary N) is 3. The van der Waals surface area contributed by atoms with E-state index >= 15 is 0 Å². The fourth-order valence-corrected chi connectivity index (χ4v) is 5.00. The van der Waals surface area contributed by atoms with Crippen molar-refractivity contribution < 1.29 is 4.39 Å². The van der Waals surface area contributed by atoms with Gasteiger partial charge in [0, 0.05) is 33.9 Å². The summed E-state index contributed by atoms with van der Waals surface area (Å²) in [4.78, 5) is 7.89. The fourth-order valence-electron chi connectivity index (χ4n) is 5.00. The summed E-state index contributed by atoms with van der Waals surface area (Å²) in [6.45, 7) is 16.8. The first-order valence-corrected chi connectivity index (χ1v) is 13.3. The van der Waals surface area contributed by atoms with Crippen molar-refractivity contribution in [2.24, 2.45) is 5.41 Å². The van der Waals surface area contributed by atoms with Crippen molar-refractivity contribution in [3.8, 4) is 22.5 Å². The van der Waals surface area contributed by atoms with Gasteiger partial charge in [-0.25, -0.2) is 9.37 Å². The van der Waals surface area contributed by atoms with E-state index in [4.69, 9.17) is 0 Å². The molecule has 0 amide bonds. The maximum absolute atomic E-state index is 14.6. The first kappa shape index (κ1) is 26.9. The average Bonchev–Trinajstić information content (AvgIpc) is 3.54. The average molecular weight is 532 g/mol. The number of allylic oxidation sites excluding steroid dienone is 5. The van der Waals surface area contributed by atoms with Crippen LogP contribution in [0.2, 0.25) is 0 Å². The zero-order chi connectivity index (χ0) is 28.4. The van der Waals surface area contributed by atoms with Gasteiger partial charge in [0.2, 0.25) is 0 Å². The summed E-state index contributed by atoms with van der Waals surface area (Å²) < 4.78 is 14.6. The molecule has 0 aliphatic rings. The van der Waals surface area contributed by atoms with E-state index in [1.807, 2.05) is 37.3 Å². The Kier molecular flexibility index (Phi) is 7.26. The van der Waals surface area contributed by atoms with Crippen molar-refractivity contribution in [3.63, 3.8) is 0 Å². The van der Waals surface area contributed by atoms with Crippen LogP contribution in [0.3, 0.4) is 0 Å². The van der Waals surface area contributed by atoms with Gasteiger partial charge in [-0.05, 0) is 77.9 Å². The Labute approximate surface area is 234 Å². The van der Waals surface area contributed by atoms with Gasteiger partial charge in [-0.15, -0.1) is 0 Å². The van der Waals surface area contributed by atoms with Gasteiger partial charge >= 0.3 is 0 Å². The zero-order valence-electron chi connectivity index (χ0n) is 23.4. The highest BCUT2D eigenvalue weighted by Crippen LogP contribution is 2.35. The van der Waals surface area contributed by atoms with Crippen LogP contribution >= 0.6 is 0 Å². The predicted octanol–water partition coefficient (Wildman–Crippen LogP) is 8.92. The van der Waals surface area contributed by atoms with E-state index in [2.05, 4.69) is 83.7 Å². The lowest BCUT2D eigenvalue weighted by atomic mass is 9.91. The van der Waals surface area contributed by atoms with Gasteiger partial charge in [0.05, 0.1) is 11.2 Å². The Morgan fingerprint density at radius 2 is 1.85 bits per heavy atom. The summed E-state index contributed by atoms with van der Waals surface area (Å²) in [6.07, 6.45) is 8.51. The molecule has 3 heterocycles. The Morgan fingerprint density at radius 1 is 1.05 bits per heavy atom. The van der Waals surface area contributed by atoms with Gasteiger partial charge in [-0.1, -0.05) is 64.3 Å². The third-order valence-corrected chi connectivity index (χ3v) is 6.75. The van der Waals surface area contributed by atoms with E-state index in [0.717, 1.165) is 62.2 Å². The quantitative estimate of drug-likeness (QED) is 0.175. The van der Waals surface area contributed by atoms with Crippen LogP contribution in [-0.2, 0) is 0 Å². The number of H-pyrrole nitrogens is 2. The second-order valence-electron chi connectivity index (χ2n) is 11.1. The van der Waals surface area contributed by atoms with Crippen LogP contribution in [0.1, 0.15) is 39.7 Å². The lowest BCUT2D eigenvalue weighted by Gasteiger charge is -2.21. The summed E-state index contributed by atoms with van der Waals surface area (Å²) in [5.74, 6) is -0.269. The Hall–Kier alpha value is -4.71. The van der Waals surface area contributed by atoms with E-state index in [1.54, 1.807) is 18.3 Å². The van der Waals surface area contributed by atoms with Crippen LogP contribution in [0.15, 0.2) is 104 Å². The van der Waals surface area contributed by atoms with Gasteiger partial charge in [0.15, 0.2) is 0 Å². The van der Waals surface area contributed by atoms with Crippen molar-refractivity contribution in [3.05, 3.63) is 115 Å². The van der Waals surface area contributed by atoms with Crippen LogP contribution in [0, 0.1) is 11.2 Å². The molecule has 0 aliphatic carbocycles. The standard InChI is InChI=1S/C34H34FN5/c1-7-22(17-24(8-2)37-21(3)20-34(4,5)6)23-13-14-30-28(18-23)32(40-39-30)31-19-27-25(15-16-36-33(27)38-31)26-11-9-10-12-29(26)35/h7-19,37H,2-3,20H2,1,4-6H3,(H,36,38)(H,39,40)/b22-7+,24-17+. The minimum absolute atomic E-state index is 0.136. The number of benzene rings is 2. The van der Waals surface area contributed by atoms with Crippen molar-refractivity contribution in [1.82, 2.24) is 25.5 Å². The molecule has 0 atom stereocenters. The van der Waals surface area contributed by atoms with Crippen molar-refractivity contribution in [1.29, 1.82) is 0 Å². The van der Waals surface area contributed by atoms with Crippen molar-refractivity contribution >= 4 is 27.5 Å². The molecule has 0 radical (unpaired) electrons. The molecule has 3 N–H and O–H groups in total. The number of pyridine rings is 1. The Balaban J connectivity index is 1.52. The topological polar surface area (TPSA) is 69.4 Å². The zero-order valence-corrected chi connectivity index (χ0v) is 23.4. The SMILES string of the molecule is C=C/C(=C\C(=C/C)c1ccc2[nH]nc(-c3cc4c(-c5ccccc5F)ccnc4[nH]3)c2c1)NC(=C)CC(C)(C)C. The molecule has 0 bridgehead atoms. The van der Waals surface area contributed by atoms with Crippen LogP contribution in [-0.4, -0.2) is 20.2 Å². The molecule has 3 aromatic heterocycles. The molecule has 2 aromatic carbocycles. The van der Waals surface area contributed by atoms with Gasteiger partial charge in [-0.3, -0.25) is 5.10 Å². The number of hydrogen-bond donors (Lipinski definition) is 3. The van der Waals surface area contributed by atoms with E-state index in [9.17, 15) is 4.39 Å². The molecule has 0 aliphatic heterocycles. The van der Waals surface area contributed by atoms with Gasteiger partial charge in [0.25, 0.3) is 0 Å². The highest BCUT2D eigenvalue weighted by atomic mass is 19.1. The third-order valence-electron chi connectivity index (χ3n) is 6.75. The van der Waals surface area contributed by atoms with Gasteiger partial charge in [0.1, 0.15) is 17.2 Å². The molecular formula is C34H34FN5. The first-order valence-electron chi connectivity index (χ1n) is 13.3. The van der Waals surface area contributed by atoms with Gasteiger partial charge in [-0.2, -0.15) is 5.10 Å². The maximum atomic E-state index is 14.6. The monoisotopic (exact) mass is 531 g/mol. The first-order chi connectivity index (χ1) is 19.2. The number of aromatic amines is 2. The maximum Gasteiger partial charge on any atom is 0.138 e. The molecule has 0 saturated carbocycles. The van der Waals surface area contributed by atoms with E-state index in [0.29, 0.717) is 11.2 Å². The van der Waals surface area contributed by atoms with E-state index in [-0.39, 0.29) is 11.2 Å². The van der Waals surface area contributed by atoms with E-state index < -0.39 is 0 Å². The molecule has 202 valence electrons. The number of rotatable bonds is 8. The summed E-state index contributed by atoms with van der Waals surface area (Å²) in [5.41, 5.74) is 8.55. The third kappa shape index (κ3) is 5.52. The largest absolute Gasteiger partial charge is 0.359 e. The fraction of sp³-hybridized carbons (Fsp3) is 0.176. The number of nitrogens with zero attached hydrogens (tertiary/aromatic N) is 2. The molecule has 5 rings (SSSR count). The Bertz CT molecular complexity index is 1790. The smallest absolute Gasteiger partial charge is 0.138 e. The number of aromatic nitrogens is 4. The number of halogens is 1. The van der Waals surface area contributed by atoms with Crippen molar-refractivity contribution in [2.75, 3.05) is 0 Å². The molecule has 40 heavy (non-hydrogen) atoms. The molecule has 0 saturated heterocycles. The summed E-state index contributed by atoms with van der Waals surface area (Å²) >= 11 is 0. The molecule has 5 nitrogen and oxygen atoms in total. The lowest BCUT2D eigenvalue weighted by molar-refractivity contribution is 0.403. The van der Waals surface area contributed by atoms with Gasteiger partial charge < -0.3 is 10.3 Å².